The van der Waals surface area contributed by atoms with Gasteiger partial charge in [0.05, 0.1) is 17.0 Å². The lowest BCUT2D eigenvalue weighted by Gasteiger charge is -2.19. The molecule has 24 heavy (non-hydrogen) atoms. The highest BCUT2D eigenvalue weighted by atomic mass is 16.3. The van der Waals surface area contributed by atoms with Gasteiger partial charge in [-0.1, -0.05) is 6.07 Å². The van der Waals surface area contributed by atoms with E-state index in [1.807, 2.05) is 32.0 Å². The van der Waals surface area contributed by atoms with Gasteiger partial charge in [0.2, 0.25) is 5.76 Å². The number of carbonyl (C=O) groups is 1. The fourth-order valence-corrected chi connectivity index (χ4v) is 3.27. The molecular formula is C19H16N2O3. The Labute approximate surface area is 138 Å². The molecule has 5 heteroatoms. The summed E-state index contributed by atoms with van der Waals surface area (Å²) in [5, 5.41) is 0.508. The lowest BCUT2D eigenvalue weighted by atomic mass is 9.99. The van der Waals surface area contributed by atoms with Crippen molar-refractivity contribution >= 4 is 16.9 Å². The third kappa shape index (κ3) is 1.91. The molecule has 0 saturated heterocycles. The number of nitrogens with zero attached hydrogens (tertiary/aromatic N) is 2. The minimum absolute atomic E-state index is 0.132. The first kappa shape index (κ1) is 14.6. The highest BCUT2D eigenvalue weighted by Crippen LogP contribution is 2.36. The topological polar surface area (TPSA) is 63.4 Å². The van der Waals surface area contributed by atoms with E-state index >= 15 is 0 Å². The third-order valence-corrected chi connectivity index (χ3v) is 4.72. The molecule has 1 unspecified atom stereocenters. The molecule has 3 aromatic rings. The molecule has 1 atom stereocenters. The van der Waals surface area contributed by atoms with Crippen molar-refractivity contribution in [2.75, 3.05) is 7.05 Å². The van der Waals surface area contributed by atoms with Crippen LogP contribution in [0, 0.1) is 13.8 Å². The van der Waals surface area contributed by atoms with Crippen LogP contribution in [-0.2, 0) is 0 Å². The molecule has 3 heterocycles. The van der Waals surface area contributed by atoms with E-state index < -0.39 is 6.04 Å². The lowest BCUT2D eigenvalue weighted by molar-refractivity contribution is 0.0771. The van der Waals surface area contributed by atoms with Crippen LogP contribution in [0.15, 0.2) is 45.9 Å². The Morgan fingerprint density at radius 1 is 1.17 bits per heavy atom. The number of aromatic nitrogens is 1. The van der Waals surface area contributed by atoms with Gasteiger partial charge in [0.1, 0.15) is 5.58 Å². The fourth-order valence-electron chi connectivity index (χ4n) is 3.27. The van der Waals surface area contributed by atoms with Crippen LogP contribution in [-0.4, -0.2) is 22.8 Å². The Bertz CT molecular complexity index is 1040. The zero-order chi connectivity index (χ0) is 17.0. The van der Waals surface area contributed by atoms with Crippen molar-refractivity contribution in [1.82, 2.24) is 9.88 Å². The van der Waals surface area contributed by atoms with Crippen molar-refractivity contribution in [2.24, 2.45) is 0 Å². The minimum Gasteiger partial charge on any atom is -0.450 e. The number of amides is 1. The van der Waals surface area contributed by atoms with Gasteiger partial charge in [-0.3, -0.25) is 14.6 Å². The lowest BCUT2D eigenvalue weighted by Crippen LogP contribution is -2.25. The molecule has 1 aliphatic rings. The highest BCUT2D eigenvalue weighted by molar-refractivity contribution is 5.98. The molecule has 4 rings (SSSR count). The largest absolute Gasteiger partial charge is 0.450 e. The van der Waals surface area contributed by atoms with Gasteiger partial charge in [0.25, 0.3) is 5.91 Å². The van der Waals surface area contributed by atoms with Crippen LogP contribution >= 0.6 is 0 Å². The van der Waals surface area contributed by atoms with Crippen LogP contribution in [0.1, 0.15) is 38.9 Å². The molecule has 0 N–H and O–H groups in total. The van der Waals surface area contributed by atoms with Gasteiger partial charge in [-0.2, -0.15) is 0 Å². The van der Waals surface area contributed by atoms with E-state index in [0.29, 0.717) is 16.5 Å². The number of carbonyl (C=O) groups excluding carboxylic acids is 1. The number of benzene rings is 1. The Balaban J connectivity index is 2.07. The molecule has 2 aromatic heterocycles. The predicted molar refractivity (Wildman–Crippen MR) is 90.1 cm³/mol. The number of fused-ring (bicyclic) bond motifs is 2. The van der Waals surface area contributed by atoms with Gasteiger partial charge in [0, 0.05) is 19.4 Å². The van der Waals surface area contributed by atoms with Gasteiger partial charge in [-0.05, 0) is 48.7 Å². The minimum atomic E-state index is -0.469. The summed E-state index contributed by atoms with van der Waals surface area (Å²) in [5.41, 5.74) is 3.53. The SMILES string of the molecule is Cc1cc2oc3c(c(=O)c2cc1C)C(c1cccnc1)N(C)C3=O. The van der Waals surface area contributed by atoms with E-state index in [2.05, 4.69) is 4.98 Å². The van der Waals surface area contributed by atoms with E-state index in [1.165, 1.54) is 4.90 Å². The second-order valence-corrected chi connectivity index (χ2v) is 6.21. The molecule has 0 bridgehead atoms. The standard InChI is InChI=1S/C19H16N2O3/c1-10-7-13-14(8-11(10)2)24-18-15(17(13)22)16(21(3)19(18)23)12-5-4-6-20-9-12/h4-9,16H,1-3H3. The molecule has 0 fully saturated rings. The molecule has 1 amide bonds. The smallest absolute Gasteiger partial charge is 0.290 e. The number of pyridine rings is 1. The second kappa shape index (κ2) is 5.03. The average Bonchev–Trinajstić information content (AvgIpc) is 2.83. The summed E-state index contributed by atoms with van der Waals surface area (Å²) in [7, 11) is 1.68. The first-order chi connectivity index (χ1) is 11.5. The zero-order valence-electron chi connectivity index (χ0n) is 13.7. The van der Waals surface area contributed by atoms with Gasteiger partial charge in [-0.15, -0.1) is 0 Å². The molecule has 120 valence electrons. The normalized spacial score (nSPS) is 16.7. The predicted octanol–water partition coefficient (Wildman–Crippen LogP) is 2.98. The summed E-state index contributed by atoms with van der Waals surface area (Å²) in [5.74, 6) is -0.150. The van der Waals surface area contributed by atoms with Crippen molar-refractivity contribution in [3.8, 4) is 0 Å². The monoisotopic (exact) mass is 320 g/mol. The summed E-state index contributed by atoms with van der Waals surface area (Å²) in [6.07, 6.45) is 3.34. The number of hydrogen-bond acceptors (Lipinski definition) is 4. The summed E-state index contributed by atoms with van der Waals surface area (Å²) in [4.78, 5) is 31.3. The Morgan fingerprint density at radius 3 is 2.62 bits per heavy atom. The quantitative estimate of drug-likeness (QED) is 0.691. The summed E-state index contributed by atoms with van der Waals surface area (Å²) in [6.45, 7) is 3.91. The van der Waals surface area contributed by atoms with Gasteiger partial charge in [-0.25, -0.2) is 0 Å². The van der Waals surface area contributed by atoms with Gasteiger partial charge in [0.15, 0.2) is 5.43 Å². The Kier molecular flexibility index (Phi) is 3.06. The molecule has 0 spiro atoms. The molecule has 0 radical (unpaired) electrons. The first-order valence-corrected chi connectivity index (χ1v) is 7.74. The van der Waals surface area contributed by atoms with E-state index in [9.17, 15) is 9.59 Å². The van der Waals surface area contributed by atoms with Crippen molar-refractivity contribution in [1.29, 1.82) is 0 Å². The number of rotatable bonds is 1. The molecule has 0 saturated carbocycles. The zero-order valence-corrected chi connectivity index (χ0v) is 13.7. The highest BCUT2D eigenvalue weighted by Gasteiger charge is 2.40. The van der Waals surface area contributed by atoms with Crippen LogP contribution in [0.2, 0.25) is 0 Å². The van der Waals surface area contributed by atoms with Crippen LogP contribution < -0.4 is 5.43 Å². The van der Waals surface area contributed by atoms with E-state index in [4.69, 9.17) is 4.42 Å². The summed E-state index contributed by atoms with van der Waals surface area (Å²) < 4.78 is 5.84. The maximum Gasteiger partial charge on any atom is 0.290 e. The maximum atomic E-state index is 13.1. The number of aryl methyl sites for hydroxylation is 2. The first-order valence-electron chi connectivity index (χ1n) is 7.74. The van der Waals surface area contributed by atoms with Gasteiger partial charge < -0.3 is 9.32 Å². The van der Waals surface area contributed by atoms with Crippen LogP contribution in [0.4, 0.5) is 0 Å². The Morgan fingerprint density at radius 2 is 1.92 bits per heavy atom. The van der Waals surface area contributed by atoms with Crippen LogP contribution in [0.5, 0.6) is 0 Å². The third-order valence-electron chi connectivity index (χ3n) is 4.72. The molecular weight excluding hydrogens is 304 g/mol. The Hall–Kier alpha value is -2.95. The van der Waals surface area contributed by atoms with E-state index in [1.54, 1.807) is 25.5 Å². The average molecular weight is 320 g/mol. The molecule has 5 nitrogen and oxygen atoms in total. The van der Waals surface area contributed by atoms with Crippen molar-refractivity contribution in [3.63, 3.8) is 0 Å². The maximum absolute atomic E-state index is 13.1. The summed E-state index contributed by atoms with van der Waals surface area (Å²) >= 11 is 0. The van der Waals surface area contributed by atoms with E-state index in [0.717, 1.165) is 16.7 Å². The second-order valence-electron chi connectivity index (χ2n) is 6.21. The van der Waals surface area contributed by atoms with Crippen LogP contribution in [0.25, 0.3) is 11.0 Å². The van der Waals surface area contributed by atoms with E-state index in [-0.39, 0.29) is 17.1 Å². The molecule has 1 aromatic carbocycles. The van der Waals surface area contributed by atoms with Gasteiger partial charge >= 0.3 is 0 Å². The number of hydrogen-bond donors (Lipinski definition) is 0. The van der Waals surface area contributed by atoms with Crippen molar-refractivity contribution < 1.29 is 9.21 Å². The molecule has 0 aliphatic carbocycles. The molecule has 1 aliphatic heterocycles. The van der Waals surface area contributed by atoms with Crippen molar-refractivity contribution in [3.05, 3.63) is 74.9 Å². The summed E-state index contributed by atoms with van der Waals surface area (Å²) in [6, 6.07) is 6.84. The van der Waals surface area contributed by atoms with Crippen molar-refractivity contribution in [2.45, 2.75) is 19.9 Å². The fraction of sp³-hybridized carbons (Fsp3) is 0.211. The van der Waals surface area contributed by atoms with Crippen LogP contribution in [0.3, 0.4) is 0 Å².